The summed E-state index contributed by atoms with van der Waals surface area (Å²) < 4.78 is 0. The summed E-state index contributed by atoms with van der Waals surface area (Å²) in [5.41, 5.74) is 2.51. The molecule has 4 rings (SSSR count). The van der Waals surface area contributed by atoms with E-state index in [-0.39, 0.29) is 0 Å². The number of halogens is 2. The van der Waals surface area contributed by atoms with Crippen LogP contribution in [0.15, 0.2) is 48.5 Å². The van der Waals surface area contributed by atoms with Crippen LogP contribution < -0.4 is 0 Å². The Labute approximate surface area is 139 Å². The fourth-order valence-corrected chi connectivity index (χ4v) is 3.70. The highest BCUT2D eigenvalue weighted by Gasteiger charge is 2.10. The standard InChI is InChI=1S/C20H14Cl2/c1-11-7-17-18(19-9-13(21)3-5-15(11)19)8-12(2)16-6-4-14(22)10-20(16)17/h3-10H,1-2H3. The van der Waals surface area contributed by atoms with Crippen molar-refractivity contribution in [2.45, 2.75) is 13.8 Å². The van der Waals surface area contributed by atoms with E-state index >= 15 is 0 Å². The highest BCUT2D eigenvalue weighted by atomic mass is 35.5. The molecule has 0 aliphatic carbocycles. The lowest BCUT2D eigenvalue weighted by Crippen LogP contribution is -1.87. The second-order valence-electron chi connectivity index (χ2n) is 5.86. The summed E-state index contributed by atoms with van der Waals surface area (Å²) in [4.78, 5) is 0. The minimum atomic E-state index is 0.767. The topological polar surface area (TPSA) is 0 Å². The van der Waals surface area contributed by atoms with Gasteiger partial charge in [-0.2, -0.15) is 0 Å². The van der Waals surface area contributed by atoms with Crippen molar-refractivity contribution in [3.8, 4) is 0 Å². The second-order valence-corrected chi connectivity index (χ2v) is 6.73. The van der Waals surface area contributed by atoms with Crippen molar-refractivity contribution in [1.82, 2.24) is 0 Å². The Balaban J connectivity index is 2.34. The van der Waals surface area contributed by atoms with E-state index in [0.717, 1.165) is 10.0 Å². The molecule has 0 amide bonds. The zero-order chi connectivity index (χ0) is 15.4. The molecule has 0 saturated heterocycles. The number of hydrogen-bond acceptors (Lipinski definition) is 0. The molecule has 4 aromatic rings. The third-order valence-electron chi connectivity index (χ3n) is 4.41. The number of aryl methyl sites for hydroxylation is 2. The van der Waals surface area contributed by atoms with Crippen molar-refractivity contribution in [3.63, 3.8) is 0 Å². The van der Waals surface area contributed by atoms with Crippen molar-refractivity contribution < 1.29 is 0 Å². The van der Waals surface area contributed by atoms with Gasteiger partial charge in [0.1, 0.15) is 0 Å². The van der Waals surface area contributed by atoms with Gasteiger partial charge in [-0.15, -0.1) is 0 Å². The molecule has 0 aliphatic rings. The molecule has 0 aromatic heterocycles. The van der Waals surface area contributed by atoms with Gasteiger partial charge in [-0.25, -0.2) is 0 Å². The number of hydrogen-bond donors (Lipinski definition) is 0. The van der Waals surface area contributed by atoms with Crippen molar-refractivity contribution >= 4 is 55.5 Å². The first-order valence-corrected chi connectivity index (χ1v) is 8.01. The first-order valence-electron chi connectivity index (χ1n) is 7.26. The molecule has 0 nitrogen and oxygen atoms in total. The van der Waals surface area contributed by atoms with E-state index in [2.05, 4.69) is 50.2 Å². The Morgan fingerprint density at radius 3 is 1.27 bits per heavy atom. The molecule has 0 radical (unpaired) electrons. The summed E-state index contributed by atoms with van der Waals surface area (Å²) in [5, 5.41) is 8.90. The van der Waals surface area contributed by atoms with Crippen LogP contribution in [0.25, 0.3) is 32.3 Å². The summed E-state index contributed by atoms with van der Waals surface area (Å²) in [7, 11) is 0. The summed E-state index contributed by atoms with van der Waals surface area (Å²) in [5.74, 6) is 0. The van der Waals surface area contributed by atoms with E-state index < -0.39 is 0 Å². The van der Waals surface area contributed by atoms with Crippen molar-refractivity contribution in [2.75, 3.05) is 0 Å². The molecule has 0 unspecified atom stereocenters. The molecule has 0 saturated carbocycles. The van der Waals surface area contributed by atoms with Crippen LogP contribution in [-0.4, -0.2) is 0 Å². The minimum absolute atomic E-state index is 0.767. The SMILES string of the molecule is Cc1cc2c3cc(Cl)ccc3c(C)cc2c2cc(Cl)ccc12. The lowest BCUT2D eigenvalue weighted by molar-refractivity contribution is 1.53. The highest BCUT2D eigenvalue weighted by molar-refractivity contribution is 6.33. The lowest BCUT2D eigenvalue weighted by atomic mass is 9.92. The normalized spacial score (nSPS) is 11.6. The number of fused-ring (bicyclic) bond motifs is 5. The van der Waals surface area contributed by atoms with Crippen LogP contribution in [0.5, 0.6) is 0 Å². The summed E-state index contributed by atoms with van der Waals surface area (Å²) >= 11 is 12.5. The molecular weight excluding hydrogens is 311 g/mol. The van der Waals surface area contributed by atoms with Gasteiger partial charge in [-0.1, -0.05) is 47.5 Å². The molecule has 4 aromatic carbocycles. The van der Waals surface area contributed by atoms with Gasteiger partial charge in [0.15, 0.2) is 0 Å². The molecular formula is C20H14Cl2. The Bertz CT molecular complexity index is 975. The average molecular weight is 325 g/mol. The highest BCUT2D eigenvalue weighted by Crippen LogP contribution is 2.37. The molecule has 22 heavy (non-hydrogen) atoms. The number of benzene rings is 4. The first-order chi connectivity index (χ1) is 10.5. The quantitative estimate of drug-likeness (QED) is 0.303. The van der Waals surface area contributed by atoms with Crippen LogP contribution in [0.3, 0.4) is 0 Å². The fraction of sp³-hybridized carbons (Fsp3) is 0.100. The van der Waals surface area contributed by atoms with Gasteiger partial charge in [0.2, 0.25) is 0 Å². The van der Waals surface area contributed by atoms with Crippen LogP contribution in [0.2, 0.25) is 10.0 Å². The van der Waals surface area contributed by atoms with Gasteiger partial charge in [0.05, 0.1) is 0 Å². The summed E-state index contributed by atoms with van der Waals surface area (Å²) in [6.07, 6.45) is 0. The maximum absolute atomic E-state index is 6.23. The predicted molar refractivity (Wildman–Crippen MR) is 98.5 cm³/mol. The van der Waals surface area contributed by atoms with Crippen molar-refractivity contribution in [3.05, 3.63) is 69.7 Å². The van der Waals surface area contributed by atoms with Crippen LogP contribution in [-0.2, 0) is 0 Å². The third-order valence-corrected chi connectivity index (χ3v) is 4.88. The maximum Gasteiger partial charge on any atom is 0.0412 e. The van der Waals surface area contributed by atoms with Gasteiger partial charge in [0, 0.05) is 10.0 Å². The van der Waals surface area contributed by atoms with Crippen LogP contribution in [0.4, 0.5) is 0 Å². The zero-order valence-corrected chi connectivity index (χ0v) is 13.9. The molecule has 108 valence electrons. The Kier molecular flexibility index (Phi) is 3.07. The Morgan fingerprint density at radius 1 is 0.500 bits per heavy atom. The molecule has 0 fully saturated rings. The largest absolute Gasteiger partial charge is 0.0843 e. The van der Waals surface area contributed by atoms with Crippen LogP contribution in [0.1, 0.15) is 11.1 Å². The molecule has 0 heterocycles. The minimum Gasteiger partial charge on any atom is -0.0843 e. The van der Waals surface area contributed by atoms with Gasteiger partial charge < -0.3 is 0 Å². The van der Waals surface area contributed by atoms with E-state index in [1.807, 2.05) is 12.1 Å². The molecule has 0 spiro atoms. The Morgan fingerprint density at radius 2 is 0.864 bits per heavy atom. The van der Waals surface area contributed by atoms with Crippen molar-refractivity contribution in [2.24, 2.45) is 0 Å². The predicted octanol–water partition coefficient (Wildman–Crippen LogP) is 7.07. The monoisotopic (exact) mass is 324 g/mol. The van der Waals surface area contributed by atoms with E-state index in [1.54, 1.807) is 0 Å². The summed E-state index contributed by atoms with van der Waals surface area (Å²) in [6.45, 7) is 4.29. The first kappa shape index (κ1) is 13.9. The zero-order valence-electron chi connectivity index (χ0n) is 12.4. The van der Waals surface area contributed by atoms with Crippen LogP contribution >= 0.6 is 23.2 Å². The van der Waals surface area contributed by atoms with E-state index in [0.29, 0.717) is 0 Å². The van der Waals surface area contributed by atoms with Gasteiger partial charge in [-0.05, 0) is 81.6 Å². The van der Waals surface area contributed by atoms with Gasteiger partial charge >= 0.3 is 0 Å². The maximum atomic E-state index is 6.23. The van der Waals surface area contributed by atoms with E-state index in [4.69, 9.17) is 23.2 Å². The summed E-state index contributed by atoms with van der Waals surface area (Å²) in [6, 6.07) is 16.7. The third kappa shape index (κ3) is 1.99. The van der Waals surface area contributed by atoms with E-state index in [9.17, 15) is 0 Å². The number of rotatable bonds is 0. The Hall–Kier alpha value is -1.76. The molecule has 0 N–H and O–H groups in total. The second kappa shape index (κ2) is 4.87. The molecule has 0 bridgehead atoms. The van der Waals surface area contributed by atoms with Crippen LogP contribution in [0, 0.1) is 13.8 Å². The molecule has 0 atom stereocenters. The van der Waals surface area contributed by atoms with Crippen molar-refractivity contribution in [1.29, 1.82) is 0 Å². The van der Waals surface area contributed by atoms with E-state index in [1.165, 1.54) is 43.4 Å². The smallest absolute Gasteiger partial charge is 0.0412 e. The average Bonchev–Trinajstić information content (AvgIpc) is 2.48. The van der Waals surface area contributed by atoms with Gasteiger partial charge in [-0.3, -0.25) is 0 Å². The lowest BCUT2D eigenvalue weighted by Gasteiger charge is -2.13. The molecule has 0 aliphatic heterocycles. The molecule has 2 heteroatoms. The van der Waals surface area contributed by atoms with Gasteiger partial charge in [0.25, 0.3) is 0 Å². The fourth-order valence-electron chi connectivity index (χ4n) is 3.36.